The maximum Gasteiger partial charge on any atom is 0.187 e. The zero-order chi connectivity index (χ0) is 16.9. The first-order chi connectivity index (χ1) is 10.9. The lowest BCUT2D eigenvalue weighted by molar-refractivity contribution is -0.220. The summed E-state index contributed by atoms with van der Waals surface area (Å²) in [5.41, 5.74) is 5.25. The molecule has 0 fully saturated rings. The van der Waals surface area contributed by atoms with Gasteiger partial charge in [0.2, 0.25) is 0 Å². The number of hydrogen-bond acceptors (Lipinski definition) is 4. The van der Waals surface area contributed by atoms with Crippen LogP contribution in [0.15, 0.2) is 42.7 Å². The third kappa shape index (κ3) is 5.22. The number of benzene rings is 1. The van der Waals surface area contributed by atoms with Gasteiger partial charge in [-0.3, -0.25) is 10.5 Å². The van der Waals surface area contributed by atoms with Gasteiger partial charge in [-0.1, -0.05) is 29.3 Å². The Morgan fingerprint density at radius 3 is 2.65 bits per heavy atom. The lowest BCUT2D eigenvalue weighted by atomic mass is 10.1. The number of pyridine rings is 1. The predicted molar refractivity (Wildman–Crippen MR) is 93.9 cm³/mol. The Morgan fingerprint density at radius 2 is 2.04 bits per heavy atom. The van der Waals surface area contributed by atoms with Crippen molar-refractivity contribution in [1.82, 2.24) is 10.5 Å². The van der Waals surface area contributed by atoms with E-state index in [4.69, 9.17) is 32.8 Å². The summed E-state index contributed by atoms with van der Waals surface area (Å²) in [6.45, 7) is 3.59. The van der Waals surface area contributed by atoms with Gasteiger partial charge >= 0.3 is 0 Å². The van der Waals surface area contributed by atoms with Crippen molar-refractivity contribution in [3.05, 3.63) is 63.9 Å². The zero-order valence-corrected chi connectivity index (χ0v) is 14.7. The number of ether oxygens (including phenoxy) is 1. The van der Waals surface area contributed by atoms with Gasteiger partial charge in [-0.25, -0.2) is 4.84 Å². The van der Waals surface area contributed by atoms with Gasteiger partial charge in [0, 0.05) is 30.1 Å². The SMILES string of the molecule is COC(C)(C)ONC(=Cc1cccnc1)c1ccc(Cl)cc1Cl. The van der Waals surface area contributed by atoms with E-state index in [9.17, 15) is 0 Å². The molecule has 4 nitrogen and oxygen atoms in total. The van der Waals surface area contributed by atoms with Crippen molar-refractivity contribution in [3.8, 4) is 0 Å². The monoisotopic (exact) mass is 352 g/mol. The first-order valence-corrected chi connectivity index (χ1v) is 7.73. The molecule has 2 aromatic rings. The van der Waals surface area contributed by atoms with Crippen LogP contribution in [0.1, 0.15) is 25.0 Å². The molecule has 1 heterocycles. The van der Waals surface area contributed by atoms with Crippen molar-refractivity contribution in [3.63, 3.8) is 0 Å². The second-order valence-electron chi connectivity index (χ2n) is 5.28. The van der Waals surface area contributed by atoms with E-state index in [1.165, 1.54) is 0 Å². The van der Waals surface area contributed by atoms with Gasteiger partial charge in [0.05, 0.1) is 10.7 Å². The Morgan fingerprint density at radius 1 is 1.26 bits per heavy atom. The topological polar surface area (TPSA) is 43.4 Å². The van der Waals surface area contributed by atoms with Crippen LogP contribution in [-0.2, 0) is 9.57 Å². The molecular weight excluding hydrogens is 335 g/mol. The molecule has 122 valence electrons. The number of halogens is 2. The summed E-state index contributed by atoms with van der Waals surface area (Å²) in [4.78, 5) is 9.70. The molecule has 0 saturated carbocycles. The quantitative estimate of drug-likeness (QED) is 0.599. The largest absolute Gasteiger partial charge is 0.352 e. The molecule has 0 aliphatic heterocycles. The van der Waals surface area contributed by atoms with Crippen molar-refractivity contribution in [1.29, 1.82) is 0 Å². The molecule has 0 spiro atoms. The molecule has 0 radical (unpaired) electrons. The highest BCUT2D eigenvalue weighted by atomic mass is 35.5. The van der Waals surface area contributed by atoms with E-state index >= 15 is 0 Å². The van der Waals surface area contributed by atoms with Crippen LogP contribution in [-0.4, -0.2) is 17.9 Å². The molecule has 1 aromatic heterocycles. The molecule has 1 N–H and O–H groups in total. The summed E-state index contributed by atoms with van der Waals surface area (Å²) < 4.78 is 5.25. The number of rotatable bonds is 6. The minimum absolute atomic E-state index is 0.513. The van der Waals surface area contributed by atoms with Crippen molar-refractivity contribution in [2.75, 3.05) is 7.11 Å². The summed E-state index contributed by atoms with van der Waals surface area (Å²) in [6, 6.07) is 9.05. The molecule has 0 unspecified atom stereocenters. The lowest BCUT2D eigenvalue weighted by Gasteiger charge is -2.24. The van der Waals surface area contributed by atoms with Crippen molar-refractivity contribution < 1.29 is 9.57 Å². The molecular formula is C17H18Cl2N2O2. The Hall–Kier alpha value is -1.59. The molecule has 6 heteroatoms. The first-order valence-electron chi connectivity index (χ1n) is 6.97. The second kappa shape index (κ2) is 7.79. The Labute approximate surface area is 146 Å². The summed E-state index contributed by atoms with van der Waals surface area (Å²) in [5, 5.41) is 1.08. The number of nitrogens with one attached hydrogen (secondary N) is 1. The highest BCUT2D eigenvalue weighted by molar-refractivity contribution is 6.35. The molecule has 2 rings (SSSR count). The van der Waals surface area contributed by atoms with Gasteiger partial charge in [-0.2, -0.15) is 0 Å². The number of methoxy groups -OCH3 is 1. The summed E-state index contributed by atoms with van der Waals surface area (Å²) >= 11 is 12.3. The molecule has 0 aliphatic rings. The summed E-state index contributed by atoms with van der Waals surface area (Å²) in [7, 11) is 1.57. The molecule has 0 atom stereocenters. The fraction of sp³-hybridized carbons (Fsp3) is 0.235. The van der Waals surface area contributed by atoms with E-state index in [-0.39, 0.29) is 0 Å². The standard InChI is InChI=1S/C17H18Cl2N2O2/c1-17(2,22-3)23-21-16(9-12-5-4-8-20-11-12)14-7-6-13(18)10-15(14)19/h4-11,21H,1-3H3. The summed E-state index contributed by atoms with van der Waals surface area (Å²) in [5.74, 6) is -0.799. The first kappa shape index (κ1) is 17.8. The Kier molecular flexibility index (Phi) is 6.02. The van der Waals surface area contributed by atoms with Crippen LogP contribution >= 0.6 is 23.2 Å². The van der Waals surface area contributed by atoms with E-state index in [1.54, 1.807) is 45.5 Å². The van der Waals surface area contributed by atoms with Gasteiger partial charge in [0.25, 0.3) is 0 Å². The van der Waals surface area contributed by atoms with Crippen LogP contribution < -0.4 is 5.48 Å². The van der Waals surface area contributed by atoms with Crippen LogP contribution in [0.2, 0.25) is 10.0 Å². The van der Waals surface area contributed by atoms with Crippen LogP contribution in [0, 0.1) is 0 Å². The fourth-order valence-corrected chi connectivity index (χ4v) is 2.23. The minimum Gasteiger partial charge on any atom is -0.352 e. The van der Waals surface area contributed by atoms with Crippen LogP contribution in [0.5, 0.6) is 0 Å². The van der Waals surface area contributed by atoms with Crippen LogP contribution in [0.4, 0.5) is 0 Å². The normalized spacial score (nSPS) is 12.3. The molecule has 0 bridgehead atoms. The van der Waals surface area contributed by atoms with Gasteiger partial charge in [-0.15, -0.1) is 0 Å². The van der Waals surface area contributed by atoms with Gasteiger partial charge in [0.15, 0.2) is 5.79 Å². The van der Waals surface area contributed by atoms with Gasteiger partial charge in [0.1, 0.15) is 0 Å². The highest BCUT2D eigenvalue weighted by Crippen LogP contribution is 2.27. The van der Waals surface area contributed by atoms with Gasteiger partial charge < -0.3 is 4.74 Å². The molecule has 0 aliphatic carbocycles. The predicted octanol–water partition coefficient (Wildman–Crippen LogP) is 4.79. The average Bonchev–Trinajstić information content (AvgIpc) is 2.53. The minimum atomic E-state index is -0.799. The Balaban J connectivity index is 2.37. The van der Waals surface area contributed by atoms with E-state index in [0.29, 0.717) is 15.7 Å². The van der Waals surface area contributed by atoms with E-state index in [0.717, 1.165) is 11.1 Å². The smallest absolute Gasteiger partial charge is 0.187 e. The third-order valence-corrected chi connectivity index (χ3v) is 3.66. The Bertz CT molecular complexity index is 688. The van der Waals surface area contributed by atoms with E-state index in [2.05, 4.69) is 10.5 Å². The third-order valence-electron chi connectivity index (χ3n) is 3.12. The van der Waals surface area contributed by atoms with E-state index in [1.807, 2.05) is 24.3 Å². The van der Waals surface area contributed by atoms with Crippen molar-refractivity contribution >= 4 is 35.0 Å². The molecule has 23 heavy (non-hydrogen) atoms. The van der Waals surface area contributed by atoms with Crippen molar-refractivity contribution in [2.45, 2.75) is 19.6 Å². The zero-order valence-electron chi connectivity index (χ0n) is 13.1. The molecule has 1 aromatic carbocycles. The fourth-order valence-electron chi connectivity index (χ4n) is 1.72. The number of aromatic nitrogens is 1. The average molecular weight is 353 g/mol. The molecule has 0 saturated heterocycles. The van der Waals surface area contributed by atoms with Crippen molar-refractivity contribution in [2.24, 2.45) is 0 Å². The highest BCUT2D eigenvalue weighted by Gasteiger charge is 2.19. The van der Waals surface area contributed by atoms with E-state index < -0.39 is 5.79 Å². The number of nitrogens with zero attached hydrogens (tertiary/aromatic N) is 1. The maximum absolute atomic E-state index is 6.31. The second-order valence-corrected chi connectivity index (χ2v) is 6.12. The van der Waals surface area contributed by atoms with Gasteiger partial charge in [-0.05, 0) is 49.8 Å². The number of hydrogen-bond donors (Lipinski definition) is 1. The summed E-state index contributed by atoms with van der Waals surface area (Å²) in [6.07, 6.45) is 5.34. The molecule has 0 amide bonds. The maximum atomic E-state index is 6.31. The van der Waals surface area contributed by atoms with Crippen LogP contribution in [0.3, 0.4) is 0 Å². The van der Waals surface area contributed by atoms with Crippen LogP contribution in [0.25, 0.3) is 11.8 Å². The lowest BCUT2D eigenvalue weighted by Crippen LogP contribution is -2.33. The number of hydroxylamine groups is 1.